The summed E-state index contributed by atoms with van der Waals surface area (Å²) >= 11 is 7.25. The van der Waals surface area contributed by atoms with Crippen molar-refractivity contribution in [2.24, 2.45) is 11.8 Å². The third-order valence-electron chi connectivity index (χ3n) is 13.3. The van der Waals surface area contributed by atoms with Gasteiger partial charge < -0.3 is 14.3 Å². The first kappa shape index (κ1) is 38.8. The van der Waals surface area contributed by atoms with E-state index in [1.807, 2.05) is 79.0 Å². The molecule has 2 bridgehead atoms. The molecule has 1 N–H and O–H groups in total. The largest absolute Gasteiger partial charge is 0.508 e. The Morgan fingerprint density at radius 2 is 1.39 bits per heavy atom. The highest BCUT2D eigenvalue weighted by Crippen LogP contribution is 2.51. The summed E-state index contributed by atoms with van der Waals surface area (Å²) in [6.45, 7) is 5.25. The molecule has 0 spiro atoms. The average Bonchev–Trinajstić information content (AvgIpc) is 3.31. The Morgan fingerprint density at radius 3 is 2.10 bits per heavy atom. The first-order valence-electron chi connectivity index (χ1n) is 21.5. The molecule has 8 aromatic rings. The lowest BCUT2D eigenvalue weighted by Gasteiger charge is -2.59. The summed E-state index contributed by atoms with van der Waals surface area (Å²) in [5.74, 6) is 2.26. The normalized spacial score (nSPS) is 20.1. The second-order valence-electron chi connectivity index (χ2n) is 16.8. The van der Waals surface area contributed by atoms with Crippen molar-refractivity contribution >= 4 is 22.5 Å². The van der Waals surface area contributed by atoms with Gasteiger partial charge in [0, 0.05) is 47.0 Å². The molecule has 302 valence electrons. The number of hydrogen-bond donors (Lipinski definition) is 1. The molecular formula is C54H48ClN4O2+. The van der Waals surface area contributed by atoms with Crippen LogP contribution >= 0.6 is 11.6 Å². The number of hydrogen-bond acceptors (Lipinski definition) is 5. The highest BCUT2D eigenvalue weighted by molar-refractivity contribution is 6.32. The van der Waals surface area contributed by atoms with Gasteiger partial charge in [-0.25, -0.2) is 4.98 Å². The topological polar surface area (TPSA) is 68.1 Å². The maximum Gasteiger partial charge on any atom is 0.227 e. The summed E-state index contributed by atoms with van der Waals surface area (Å²) in [6, 6.07) is 56.1. The summed E-state index contributed by atoms with van der Waals surface area (Å²) < 4.78 is 8.50. The molecule has 3 aliphatic rings. The van der Waals surface area contributed by atoms with Crippen molar-refractivity contribution in [3.8, 4) is 56.4 Å². The zero-order valence-electron chi connectivity index (χ0n) is 34.2. The molecule has 0 radical (unpaired) electrons. The van der Waals surface area contributed by atoms with E-state index in [0.717, 1.165) is 71.0 Å². The van der Waals surface area contributed by atoms with Gasteiger partial charge in [0.2, 0.25) is 5.88 Å². The number of phenolic OH excluding ortho intramolecular Hbond substituents is 1. The lowest BCUT2D eigenvalue weighted by Crippen LogP contribution is -2.68. The number of phenols is 1. The van der Waals surface area contributed by atoms with Crippen LogP contribution in [0.5, 0.6) is 11.6 Å². The molecular weight excluding hydrogens is 772 g/mol. The lowest BCUT2D eigenvalue weighted by atomic mass is 9.70. The number of pyridine rings is 1. The highest BCUT2D eigenvalue weighted by atomic mass is 35.5. The van der Waals surface area contributed by atoms with E-state index in [0.29, 0.717) is 34.3 Å². The Labute approximate surface area is 362 Å². The fourth-order valence-electron chi connectivity index (χ4n) is 10.4. The number of benzene rings is 6. The van der Waals surface area contributed by atoms with Crippen molar-refractivity contribution in [2.75, 3.05) is 13.1 Å². The standard InChI is InChI=1S/C54H47ClN4O2/c1-2-36-34-59(35-43-31-41(37-15-7-3-8-16-37)23-25-45(43)38-17-9-4-10-18-38)30-28-42(36)32-49(59)51(46-27-29-56-48-26-24-44(60)33-47(46)48)61-54-50(39-19-11-5-12-20-39)52(55)57-53(58-54)40-21-13-6-14-22-40/h3-27,29,31,33,36,42,49,51H,2,28,30,32,34-35H2,1H3/p+1/t36?,42?,49?,51-,59?/m0/s1. The van der Waals surface area contributed by atoms with Gasteiger partial charge in [0.05, 0.1) is 24.2 Å². The van der Waals surface area contributed by atoms with Gasteiger partial charge in [-0.05, 0) is 70.5 Å². The Morgan fingerprint density at radius 1 is 0.721 bits per heavy atom. The van der Waals surface area contributed by atoms with Gasteiger partial charge in [-0.3, -0.25) is 4.98 Å². The first-order valence-corrected chi connectivity index (χ1v) is 21.9. The van der Waals surface area contributed by atoms with Crippen LogP contribution in [0.25, 0.3) is 55.7 Å². The van der Waals surface area contributed by atoms with Crippen LogP contribution in [0.4, 0.5) is 0 Å². The van der Waals surface area contributed by atoms with Crippen LogP contribution in [0.15, 0.2) is 170 Å². The molecule has 0 saturated carbocycles. The summed E-state index contributed by atoms with van der Waals surface area (Å²) in [5.41, 5.74) is 10.4. The molecule has 2 aromatic heterocycles. The van der Waals surface area contributed by atoms with Crippen molar-refractivity contribution in [3.05, 3.63) is 186 Å². The number of piperidine rings is 3. The highest BCUT2D eigenvalue weighted by Gasteiger charge is 2.55. The van der Waals surface area contributed by atoms with E-state index in [1.165, 1.54) is 27.8 Å². The zero-order chi connectivity index (χ0) is 41.3. The molecule has 3 fully saturated rings. The van der Waals surface area contributed by atoms with E-state index in [1.54, 1.807) is 6.07 Å². The monoisotopic (exact) mass is 819 g/mol. The zero-order valence-corrected chi connectivity index (χ0v) is 35.0. The van der Waals surface area contributed by atoms with E-state index >= 15 is 0 Å². The summed E-state index contributed by atoms with van der Waals surface area (Å²) in [4.78, 5) is 14.9. The Kier molecular flexibility index (Phi) is 10.6. The lowest BCUT2D eigenvalue weighted by molar-refractivity contribution is -0.985. The number of fused-ring (bicyclic) bond motifs is 4. The van der Waals surface area contributed by atoms with Crippen LogP contribution in [-0.4, -0.2) is 43.7 Å². The summed E-state index contributed by atoms with van der Waals surface area (Å²) in [5, 5.41) is 12.2. The number of halogens is 1. The number of aromatic nitrogens is 3. The maximum absolute atomic E-state index is 11.0. The predicted molar refractivity (Wildman–Crippen MR) is 246 cm³/mol. The van der Waals surface area contributed by atoms with Gasteiger partial charge in [0.1, 0.15) is 23.5 Å². The SMILES string of the molecule is CCC1C[N+]2(Cc3cc(-c4ccccc4)ccc3-c3ccccc3)CCC1CC2[C@@H](Oc1nc(-c2ccccc2)nc(Cl)c1-c1ccccc1)c1ccnc2ccc(O)cc12. The second-order valence-corrected chi connectivity index (χ2v) is 17.2. The molecule has 0 amide bonds. The van der Waals surface area contributed by atoms with Crippen LogP contribution < -0.4 is 4.74 Å². The number of aromatic hydroxyl groups is 1. The van der Waals surface area contributed by atoms with Crippen molar-refractivity contribution in [3.63, 3.8) is 0 Å². The van der Waals surface area contributed by atoms with Crippen molar-refractivity contribution in [2.45, 2.75) is 44.9 Å². The molecule has 3 aliphatic heterocycles. The molecule has 5 heterocycles. The number of rotatable bonds is 11. The molecule has 61 heavy (non-hydrogen) atoms. The van der Waals surface area contributed by atoms with Gasteiger partial charge in [0.25, 0.3) is 0 Å². The van der Waals surface area contributed by atoms with Gasteiger partial charge in [-0.2, -0.15) is 4.98 Å². The molecule has 3 saturated heterocycles. The molecule has 4 unspecified atom stereocenters. The molecule has 0 aliphatic carbocycles. The van der Waals surface area contributed by atoms with E-state index in [9.17, 15) is 5.11 Å². The number of ether oxygens (including phenoxy) is 1. The quantitative estimate of drug-likeness (QED) is 0.104. The van der Waals surface area contributed by atoms with Crippen LogP contribution in [-0.2, 0) is 6.54 Å². The Bertz CT molecular complexity index is 2810. The fraction of sp³-hybridized carbons (Fsp3) is 0.204. The minimum atomic E-state index is -0.484. The minimum Gasteiger partial charge on any atom is -0.508 e. The number of nitrogens with zero attached hydrogens (tertiary/aromatic N) is 4. The van der Waals surface area contributed by atoms with Crippen LogP contribution in [0.1, 0.15) is 43.4 Å². The maximum atomic E-state index is 11.0. The third kappa shape index (κ3) is 7.56. The number of quaternary nitrogens is 1. The first-order chi connectivity index (χ1) is 30.0. The van der Waals surface area contributed by atoms with E-state index in [2.05, 4.69) is 91.9 Å². The van der Waals surface area contributed by atoms with Crippen molar-refractivity contribution < 1.29 is 14.3 Å². The van der Waals surface area contributed by atoms with Gasteiger partial charge in [-0.1, -0.05) is 152 Å². The summed E-state index contributed by atoms with van der Waals surface area (Å²) in [7, 11) is 0. The Balaban J connectivity index is 1.18. The predicted octanol–water partition coefficient (Wildman–Crippen LogP) is 13.0. The van der Waals surface area contributed by atoms with E-state index in [4.69, 9.17) is 31.3 Å². The molecule has 11 rings (SSSR count). The van der Waals surface area contributed by atoms with Gasteiger partial charge in [-0.15, -0.1) is 0 Å². The van der Waals surface area contributed by atoms with Gasteiger partial charge in [0.15, 0.2) is 11.9 Å². The smallest absolute Gasteiger partial charge is 0.227 e. The van der Waals surface area contributed by atoms with Crippen LogP contribution in [0.2, 0.25) is 5.15 Å². The molecule has 6 nitrogen and oxygen atoms in total. The molecule has 5 atom stereocenters. The fourth-order valence-corrected chi connectivity index (χ4v) is 10.6. The van der Waals surface area contributed by atoms with E-state index in [-0.39, 0.29) is 11.8 Å². The third-order valence-corrected chi connectivity index (χ3v) is 13.6. The summed E-state index contributed by atoms with van der Waals surface area (Å²) in [6.07, 6.45) is 4.66. The molecule has 6 aromatic carbocycles. The minimum absolute atomic E-state index is 0.0241. The van der Waals surface area contributed by atoms with Gasteiger partial charge >= 0.3 is 0 Å². The second kappa shape index (κ2) is 16.6. The molecule has 7 heteroatoms. The van der Waals surface area contributed by atoms with Crippen LogP contribution in [0.3, 0.4) is 0 Å². The van der Waals surface area contributed by atoms with E-state index < -0.39 is 6.10 Å². The van der Waals surface area contributed by atoms with Crippen molar-refractivity contribution in [1.29, 1.82) is 0 Å². The van der Waals surface area contributed by atoms with Crippen LogP contribution in [0, 0.1) is 11.8 Å². The Hall–Kier alpha value is -6.34. The average molecular weight is 820 g/mol. The van der Waals surface area contributed by atoms with Crippen molar-refractivity contribution in [1.82, 2.24) is 15.0 Å².